The highest BCUT2D eigenvalue weighted by Gasteiger charge is 2.41. The van der Waals surface area contributed by atoms with Crippen molar-refractivity contribution in [2.24, 2.45) is 5.73 Å². The van der Waals surface area contributed by atoms with Crippen LogP contribution < -0.4 is 10.5 Å². The third kappa shape index (κ3) is 3.06. The minimum absolute atomic E-state index is 0.331. The summed E-state index contributed by atoms with van der Waals surface area (Å²) >= 11 is 0. The zero-order valence-electron chi connectivity index (χ0n) is 13.0. The van der Waals surface area contributed by atoms with Gasteiger partial charge in [0.2, 0.25) is 0 Å². The van der Waals surface area contributed by atoms with E-state index in [1.807, 2.05) is 39.9 Å². The smallest absolute Gasteiger partial charge is 0.325 e. The van der Waals surface area contributed by atoms with E-state index in [4.69, 9.17) is 10.5 Å². The number of hydrogen-bond acceptors (Lipinski definition) is 5. The molecule has 1 aromatic carbocycles. The van der Waals surface area contributed by atoms with Gasteiger partial charge in [-0.15, -0.1) is 0 Å². The second-order valence-corrected chi connectivity index (χ2v) is 5.83. The fourth-order valence-corrected chi connectivity index (χ4v) is 2.85. The molecule has 0 spiro atoms. The van der Waals surface area contributed by atoms with Gasteiger partial charge in [-0.05, 0) is 30.7 Å². The monoisotopic (exact) mass is 316 g/mol. The van der Waals surface area contributed by atoms with Crippen LogP contribution in [0.2, 0.25) is 0 Å². The number of carbonyl (C=O) groups is 1. The summed E-state index contributed by atoms with van der Waals surface area (Å²) in [6.45, 7) is 1.54. The molecule has 0 radical (unpaired) electrons. The van der Waals surface area contributed by atoms with Gasteiger partial charge in [0, 0.05) is 31.2 Å². The molecule has 3 rings (SSSR count). The lowest BCUT2D eigenvalue weighted by atomic mass is 10.0. The third-order valence-corrected chi connectivity index (χ3v) is 4.24. The second kappa shape index (κ2) is 6.02. The van der Waals surface area contributed by atoms with Gasteiger partial charge in [-0.1, -0.05) is 0 Å². The summed E-state index contributed by atoms with van der Waals surface area (Å²) in [6.07, 6.45) is 4.08. The number of carboxylic acid groups (broad SMARTS) is 1. The van der Waals surface area contributed by atoms with Crippen LogP contribution in [-0.2, 0) is 11.3 Å². The number of hydrogen-bond donors (Lipinski definition) is 2. The van der Waals surface area contributed by atoms with Gasteiger partial charge in [0.15, 0.2) is 0 Å². The highest BCUT2D eigenvalue weighted by molar-refractivity contribution is 5.79. The third-order valence-electron chi connectivity index (χ3n) is 4.24. The maximum absolute atomic E-state index is 11.2. The molecule has 1 fully saturated rings. The van der Waals surface area contributed by atoms with Gasteiger partial charge in [0.05, 0.1) is 13.7 Å². The Labute approximate surface area is 134 Å². The first-order valence-corrected chi connectivity index (χ1v) is 7.43. The Morgan fingerprint density at radius 2 is 2.17 bits per heavy atom. The molecule has 0 aliphatic carbocycles. The van der Waals surface area contributed by atoms with Gasteiger partial charge in [0.1, 0.15) is 17.1 Å². The topological polar surface area (TPSA) is 93.6 Å². The van der Waals surface area contributed by atoms with Crippen LogP contribution in [0.25, 0.3) is 5.69 Å². The zero-order chi connectivity index (χ0) is 16.4. The summed E-state index contributed by atoms with van der Waals surface area (Å²) < 4.78 is 7.15. The first-order chi connectivity index (χ1) is 11.0. The number of likely N-dealkylation sites (tertiary alicyclic amines) is 1. The lowest BCUT2D eigenvalue weighted by Crippen LogP contribution is -2.50. The van der Waals surface area contributed by atoms with Gasteiger partial charge in [0.25, 0.3) is 0 Å². The number of nitrogens with zero attached hydrogens (tertiary/aromatic N) is 3. The lowest BCUT2D eigenvalue weighted by molar-refractivity contribution is -0.142. The van der Waals surface area contributed by atoms with Gasteiger partial charge in [-0.3, -0.25) is 9.69 Å². The van der Waals surface area contributed by atoms with Crippen LogP contribution in [0.5, 0.6) is 5.75 Å². The average Bonchev–Trinajstić information content (AvgIpc) is 3.16. The zero-order valence-corrected chi connectivity index (χ0v) is 13.0. The Kier molecular flexibility index (Phi) is 4.06. The van der Waals surface area contributed by atoms with Gasteiger partial charge in [-0.25, -0.2) is 4.98 Å². The van der Waals surface area contributed by atoms with E-state index in [-0.39, 0.29) is 0 Å². The average molecular weight is 316 g/mol. The summed E-state index contributed by atoms with van der Waals surface area (Å²) in [5.74, 6) is 0.702. The molecule has 7 nitrogen and oxygen atoms in total. The Bertz CT molecular complexity index is 698. The van der Waals surface area contributed by atoms with Crippen molar-refractivity contribution in [3.05, 3.63) is 42.5 Å². The summed E-state index contributed by atoms with van der Waals surface area (Å²) in [6, 6.07) is 7.70. The van der Waals surface area contributed by atoms with E-state index in [1.165, 1.54) is 0 Å². The molecule has 1 aliphatic rings. The van der Waals surface area contributed by atoms with E-state index in [2.05, 4.69) is 4.98 Å². The number of ether oxygens (including phenoxy) is 1. The van der Waals surface area contributed by atoms with E-state index in [0.717, 1.165) is 17.3 Å². The number of nitrogens with two attached hydrogens (primary N) is 1. The molecular formula is C16H20N4O3. The standard InChI is InChI=1S/C16H20N4O3/c1-23-13-4-2-12(3-5-13)20-9-7-18-14(20)10-19-8-6-16(17,11-19)15(21)22/h2-5,7,9H,6,8,10-11,17H2,1H3,(H,21,22). The van der Waals surface area contributed by atoms with Crippen LogP contribution in [0.15, 0.2) is 36.7 Å². The van der Waals surface area contributed by atoms with Crippen molar-refractivity contribution in [1.29, 1.82) is 0 Å². The number of carboxylic acids is 1. The summed E-state index contributed by atoms with van der Waals surface area (Å²) in [5, 5.41) is 9.21. The number of aromatic nitrogens is 2. The van der Waals surface area contributed by atoms with E-state index in [1.54, 1.807) is 13.3 Å². The maximum atomic E-state index is 11.2. The molecule has 0 bridgehead atoms. The van der Waals surface area contributed by atoms with Crippen molar-refractivity contribution in [2.45, 2.75) is 18.5 Å². The SMILES string of the molecule is COc1ccc(-n2ccnc2CN2CCC(N)(C(=O)O)C2)cc1. The predicted molar refractivity (Wildman–Crippen MR) is 84.6 cm³/mol. The second-order valence-electron chi connectivity index (χ2n) is 5.83. The van der Waals surface area contributed by atoms with Crippen LogP contribution in [0.4, 0.5) is 0 Å². The minimum atomic E-state index is -1.16. The molecule has 122 valence electrons. The maximum Gasteiger partial charge on any atom is 0.325 e. The first-order valence-electron chi connectivity index (χ1n) is 7.43. The molecule has 2 aromatic rings. The van der Waals surface area contributed by atoms with Crippen molar-refractivity contribution in [3.63, 3.8) is 0 Å². The molecule has 7 heteroatoms. The van der Waals surface area contributed by atoms with Crippen LogP contribution >= 0.6 is 0 Å². The molecule has 1 aromatic heterocycles. The van der Waals surface area contributed by atoms with Crippen LogP contribution in [0.1, 0.15) is 12.2 Å². The van der Waals surface area contributed by atoms with Crippen LogP contribution in [0, 0.1) is 0 Å². The van der Waals surface area contributed by atoms with E-state index in [0.29, 0.717) is 26.1 Å². The largest absolute Gasteiger partial charge is 0.497 e. The molecule has 2 heterocycles. The normalized spacial score (nSPS) is 21.5. The molecule has 1 atom stereocenters. The Morgan fingerprint density at radius 3 is 2.78 bits per heavy atom. The highest BCUT2D eigenvalue weighted by Crippen LogP contribution is 2.22. The predicted octanol–water partition coefficient (Wildman–Crippen LogP) is 0.869. The number of benzene rings is 1. The first kappa shape index (κ1) is 15.5. The van der Waals surface area contributed by atoms with Crippen molar-refractivity contribution in [3.8, 4) is 11.4 Å². The van der Waals surface area contributed by atoms with E-state index in [9.17, 15) is 9.90 Å². The number of aliphatic carboxylic acids is 1. The van der Waals surface area contributed by atoms with Gasteiger partial charge >= 0.3 is 5.97 Å². The number of rotatable bonds is 5. The Hall–Kier alpha value is -2.38. The molecule has 0 amide bonds. The summed E-state index contributed by atoms with van der Waals surface area (Å²) in [5.41, 5.74) is 5.75. The van der Waals surface area contributed by atoms with Gasteiger partial charge in [-0.2, -0.15) is 0 Å². The summed E-state index contributed by atoms with van der Waals surface area (Å²) in [7, 11) is 1.63. The molecule has 1 saturated heterocycles. The number of imidazole rings is 1. The van der Waals surface area contributed by atoms with Crippen molar-refractivity contribution >= 4 is 5.97 Å². The molecule has 3 N–H and O–H groups in total. The fourth-order valence-electron chi connectivity index (χ4n) is 2.85. The fraction of sp³-hybridized carbons (Fsp3) is 0.375. The highest BCUT2D eigenvalue weighted by atomic mass is 16.5. The van der Waals surface area contributed by atoms with Crippen LogP contribution in [0.3, 0.4) is 0 Å². The van der Waals surface area contributed by atoms with Gasteiger partial charge < -0.3 is 20.1 Å². The molecule has 1 unspecified atom stereocenters. The van der Waals surface area contributed by atoms with Crippen molar-refractivity contribution in [1.82, 2.24) is 14.5 Å². The molecule has 23 heavy (non-hydrogen) atoms. The molecule has 0 saturated carbocycles. The molecular weight excluding hydrogens is 296 g/mol. The number of methoxy groups -OCH3 is 1. The van der Waals surface area contributed by atoms with Crippen molar-refractivity contribution in [2.75, 3.05) is 20.2 Å². The Balaban J connectivity index is 1.75. The Morgan fingerprint density at radius 1 is 1.43 bits per heavy atom. The van der Waals surface area contributed by atoms with Crippen LogP contribution in [-0.4, -0.2) is 51.3 Å². The van der Waals surface area contributed by atoms with E-state index < -0.39 is 11.5 Å². The quantitative estimate of drug-likeness (QED) is 0.850. The van der Waals surface area contributed by atoms with Crippen molar-refractivity contribution < 1.29 is 14.6 Å². The lowest BCUT2D eigenvalue weighted by Gasteiger charge is -2.20. The minimum Gasteiger partial charge on any atom is -0.497 e. The molecule has 1 aliphatic heterocycles. The van der Waals surface area contributed by atoms with E-state index >= 15 is 0 Å². The summed E-state index contributed by atoms with van der Waals surface area (Å²) in [4.78, 5) is 17.7.